The van der Waals surface area contributed by atoms with Gasteiger partial charge in [-0.3, -0.25) is 0 Å². The van der Waals surface area contributed by atoms with E-state index >= 15 is 0 Å². The molecule has 0 aromatic heterocycles. The van der Waals surface area contributed by atoms with Crippen molar-refractivity contribution >= 4 is 17.3 Å². The molecule has 1 aromatic carbocycles. The molecular formula is C11H15ClN2O. The zero-order valence-electron chi connectivity index (χ0n) is 8.72. The van der Waals surface area contributed by atoms with Crippen molar-refractivity contribution < 1.29 is 4.74 Å². The second kappa shape index (κ2) is 4.73. The lowest BCUT2D eigenvalue weighted by Gasteiger charge is -2.14. The Hall–Kier alpha value is -0.930. The molecule has 4 heteroatoms. The van der Waals surface area contributed by atoms with E-state index in [2.05, 4.69) is 10.6 Å². The van der Waals surface area contributed by atoms with Crippen LogP contribution in [0.4, 0.5) is 5.69 Å². The predicted molar refractivity (Wildman–Crippen MR) is 62.9 cm³/mol. The quantitative estimate of drug-likeness (QED) is 0.829. The first-order valence-electron chi connectivity index (χ1n) is 5.10. The van der Waals surface area contributed by atoms with Crippen molar-refractivity contribution in [2.75, 3.05) is 25.5 Å². The summed E-state index contributed by atoms with van der Waals surface area (Å²) in [5.74, 6) is 0.715. The van der Waals surface area contributed by atoms with Gasteiger partial charge in [0, 0.05) is 24.3 Å². The van der Waals surface area contributed by atoms with E-state index in [0.29, 0.717) is 16.8 Å². The molecule has 0 saturated carbocycles. The van der Waals surface area contributed by atoms with E-state index in [0.717, 1.165) is 25.2 Å². The molecule has 1 heterocycles. The highest BCUT2D eigenvalue weighted by atomic mass is 35.5. The second-order valence-electron chi connectivity index (χ2n) is 3.68. The molecular weight excluding hydrogens is 212 g/mol. The van der Waals surface area contributed by atoms with Crippen LogP contribution in [0.2, 0.25) is 5.02 Å². The number of anilines is 1. The van der Waals surface area contributed by atoms with Gasteiger partial charge >= 0.3 is 0 Å². The summed E-state index contributed by atoms with van der Waals surface area (Å²) in [6, 6.07) is 6.27. The van der Waals surface area contributed by atoms with Crippen LogP contribution >= 0.6 is 11.6 Å². The van der Waals surface area contributed by atoms with Crippen LogP contribution in [-0.4, -0.2) is 26.2 Å². The summed E-state index contributed by atoms with van der Waals surface area (Å²) in [5.41, 5.74) is 1.06. The molecule has 1 fully saturated rings. The Balaban J connectivity index is 2.07. The molecule has 0 radical (unpaired) electrons. The largest absolute Gasteiger partial charge is 0.495 e. The monoisotopic (exact) mass is 226 g/mol. The van der Waals surface area contributed by atoms with Crippen molar-refractivity contribution in [3.05, 3.63) is 23.2 Å². The number of halogens is 1. The maximum atomic E-state index is 5.95. The highest BCUT2D eigenvalue weighted by molar-refractivity contribution is 6.32. The van der Waals surface area contributed by atoms with E-state index in [1.165, 1.54) is 0 Å². The smallest absolute Gasteiger partial charge is 0.139 e. The molecule has 3 nitrogen and oxygen atoms in total. The summed E-state index contributed by atoms with van der Waals surface area (Å²) in [6.45, 7) is 2.10. The van der Waals surface area contributed by atoms with E-state index in [9.17, 15) is 0 Å². The second-order valence-corrected chi connectivity index (χ2v) is 4.09. The Labute approximate surface area is 94.8 Å². The summed E-state index contributed by atoms with van der Waals surface area (Å²) in [5, 5.41) is 7.40. The number of hydrogen-bond acceptors (Lipinski definition) is 3. The number of rotatable bonds is 3. The lowest BCUT2D eigenvalue weighted by atomic mass is 10.2. The molecule has 0 spiro atoms. The first kappa shape index (κ1) is 10.6. The molecule has 2 rings (SSSR count). The van der Waals surface area contributed by atoms with Gasteiger partial charge in [0.25, 0.3) is 0 Å². The van der Waals surface area contributed by atoms with Gasteiger partial charge in [0.05, 0.1) is 12.1 Å². The summed E-state index contributed by atoms with van der Waals surface area (Å²) < 4.78 is 5.16. The van der Waals surface area contributed by atoms with Gasteiger partial charge in [0.1, 0.15) is 5.75 Å². The van der Waals surface area contributed by atoms with Gasteiger partial charge < -0.3 is 15.4 Å². The van der Waals surface area contributed by atoms with E-state index in [1.54, 1.807) is 7.11 Å². The Morgan fingerprint density at radius 2 is 2.40 bits per heavy atom. The molecule has 0 amide bonds. The van der Waals surface area contributed by atoms with E-state index in [1.807, 2.05) is 18.2 Å². The van der Waals surface area contributed by atoms with Crippen molar-refractivity contribution in [3.63, 3.8) is 0 Å². The molecule has 0 unspecified atom stereocenters. The fourth-order valence-electron chi connectivity index (χ4n) is 1.76. The van der Waals surface area contributed by atoms with Gasteiger partial charge in [0.2, 0.25) is 0 Å². The van der Waals surface area contributed by atoms with E-state index < -0.39 is 0 Å². The highest BCUT2D eigenvalue weighted by Gasteiger charge is 2.14. The normalized spacial score (nSPS) is 20.3. The Bertz CT molecular complexity index is 337. The predicted octanol–water partition coefficient (Wildman–Crippen LogP) is 2.12. The minimum Gasteiger partial charge on any atom is -0.495 e. The SMILES string of the molecule is COc1cc(N[C@@H]2CCNC2)ccc1Cl. The van der Waals surface area contributed by atoms with Gasteiger partial charge in [-0.1, -0.05) is 11.6 Å². The summed E-state index contributed by atoms with van der Waals surface area (Å²) in [6.07, 6.45) is 1.16. The van der Waals surface area contributed by atoms with Gasteiger partial charge in [-0.2, -0.15) is 0 Å². The van der Waals surface area contributed by atoms with Gasteiger partial charge in [-0.15, -0.1) is 0 Å². The standard InChI is InChI=1S/C11H15ClN2O/c1-15-11-6-8(2-3-10(11)12)14-9-4-5-13-7-9/h2-3,6,9,13-14H,4-5,7H2,1H3/t9-/m1/s1. The topological polar surface area (TPSA) is 33.3 Å². The minimum absolute atomic E-state index is 0.510. The molecule has 0 aliphatic carbocycles. The van der Waals surface area contributed by atoms with Crippen molar-refractivity contribution in [2.24, 2.45) is 0 Å². The Morgan fingerprint density at radius 1 is 1.53 bits per heavy atom. The lowest BCUT2D eigenvalue weighted by Crippen LogP contribution is -2.21. The third-order valence-corrected chi connectivity index (χ3v) is 2.89. The number of nitrogens with one attached hydrogen (secondary N) is 2. The van der Waals surface area contributed by atoms with Gasteiger partial charge in [-0.05, 0) is 25.1 Å². The van der Waals surface area contributed by atoms with Crippen LogP contribution in [0.1, 0.15) is 6.42 Å². The molecule has 1 aliphatic heterocycles. The third kappa shape index (κ3) is 2.55. The van der Waals surface area contributed by atoms with Crippen molar-refractivity contribution in [3.8, 4) is 5.75 Å². The first-order chi connectivity index (χ1) is 7.29. The number of ether oxygens (including phenoxy) is 1. The van der Waals surface area contributed by atoms with Gasteiger partial charge in [-0.25, -0.2) is 0 Å². The fraction of sp³-hybridized carbons (Fsp3) is 0.455. The third-order valence-electron chi connectivity index (χ3n) is 2.58. The maximum Gasteiger partial charge on any atom is 0.139 e. The van der Waals surface area contributed by atoms with Crippen LogP contribution in [-0.2, 0) is 0 Å². The first-order valence-corrected chi connectivity index (χ1v) is 5.48. The van der Waals surface area contributed by atoms with Crippen molar-refractivity contribution in [2.45, 2.75) is 12.5 Å². The molecule has 82 valence electrons. The zero-order chi connectivity index (χ0) is 10.7. The van der Waals surface area contributed by atoms with Crippen LogP contribution in [0.3, 0.4) is 0 Å². The molecule has 1 aliphatic rings. The number of benzene rings is 1. The Kier molecular flexibility index (Phi) is 3.34. The fourth-order valence-corrected chi connectivity index (χ4v) is 1.96. The zero-order valence-corrected chi connectivity index (χ0v) is 9.47. The van der Waals surface area contributed by atoms with Crippen molar-refractivity contribution in [1.82, 2.24) is 5.32 Å². The van der Waals surface area contributed by atoms with Crippen LogP contribution in [0.25, 0.3) is 0 Å². The number of hydrogen-bond donors (Lipinski definition) is 2. The van der Waals surface area contributed by atoms with Crippen LogP contribution in [0.5, 0.6) is 5.75 Å². The summed E-state index contributed by atoms with van der Waals surface area (Å²) in [4.78, 5) is 0. The van der Waals surface area contributed by atoms with Crippen LogP contribution in [0.15, 0.2) is 18.2 Å². The average molecular weight is 227 g/mol. The maximum absolute atomic E-state index is 5.95. The molecule has 0 bridgehead atoms. The van der Waals surface area contributed by atoms with Crippen LogP contribution in [0, 0.1) is 0 Å². The van der Waals surface area contributed by atoms with Gasteiger partial charge in [0.15, 0.2) is 0 Å². The van der Waals surface area contributed by atoms with Crippen molar-refractivity contribution in [1.29, 1.82) is 0 Å². The lowest BCUT2D eigenvalue weighted by molar-refractivity contribution is 0.415. The van der Waals surface area contributed by atoms with Crippen LogP contribution < -0.4 is 15.4 Å². The molecule has 2 N–H and O–H groups in total. The summed E-state index contributed by atoms with van der Waals surface area (Å²) >= 11 is 5.95. The minimum atomic E-state index is 0.510. The average Bonchev–Trinajstić information content (AvgIpc) is 2.73. The highest BCUT2D eigenvalue weighted by Crippen LogP contribution is 2.27. The van der Waals surface area contributed by atoms with E-state index in [4.69, 9.17) is 16.3 Å². The molecule has 15 heavy (non-hydrogen) atoms. The number of methoxy groups -OCH3 is 1. The molecule has 1 saturated heterocycles. The Morgan fingerprint density at radius 3 is 3.07 bits per heavy atom. The van der Waals surface area contributed by atoms with E-state index in [-0.39, 0.29) is 0 Å². The molecule has 1 aromatic rings. The molecule has 1 atom stereocenters. The summed E-state index contributed by atoms with van der Waals surface area (Å²) in [7, 11) is 1.63.